The van der Waals surface area contributed by atoms with Crippen LogP contribution in [0.5, 0.6) is 0 Å². The van der Waals surface area contributed by atoms with Crippen LogP contribution in [0.15, 0.2) is 24.3 Å². The zero-order valence-electron chi connectivity index (χ0n) is 13.0. The van der Waals surface area contributed by atoms with Gasteiger partial charge in [-0.3, -0.25) is 9.59 Å². The van der Waals surface area contributed by atoms with Crippen LogP contribution in [-0.2, 0) is 10.5 Å². The molecule has 2 aromatic rings. The number of amides is 2. The molecule has 0 saturated heterocycles. The van der Waals surface area contributed by atoms with Crippen molar-refractivity contribution in [1.82, 2.24) is 15.5 Å². The maximum Gasteiger partial charge on any atom is 0.286 e. The van der Waals surface area contributed by atoms with Crippen LogP contribution in [-0.4, -0.2) is 34.3 Å². The summed E-state index contributed by atoms with van der Waals surface area (Å²) in [6.45, 7) is 2.67. The molecule has 0 saturated carbocycles. The number of benzene rings is 1. The Morgan fingerprint density at radius 3 is 2.71 bits per heavy atom. The first-order chi connectivity index (χ1) is 11.6. The van der Waals surface area contributed by atoms with Gasteiger partial charge in [0, 0.05) is 18.0 Å². The van der Waals surface area contributed by atoms with E-state index < -0.39 is 5.91 Å². The summed E-state index contributed by atoms with van der Waals surface area (Å²) in [5.41, 5.74) is 0.486. The topological polar surface area (TPSA) is 84.0 Å². The number of rotatable bonds is 8. The first-order valence-electron chi connectivity index (χ1n) is 7.32. The number of carbonyl (C=O) groups excluding carboxylic acids is 2. The van der Waals surface area contributed by atoms with Crippen LogP contribution >= 0.6 is 23.1 Å². The summed E-state index contributed by atoms with van der Waals surface area (Å²) in [5, 5.41) is 14.1. The van der Waals surface area contributed by atoms with Gasteiger partial charge in [-0.05, 0) is 30.7 Å². The maximum absolute atomic E-state index is 12.8. The lowest BCUT2D eigenvalue weighted by Crippen LogP contribution is -2.25. The van der Waals surface area contributed by atoms with E-state index in [0.29, 0.717) is 28.7 Å². The van der Waals surface area contributed by atoms with Gasteiger partial charge < -0.3 is 10.6 Å². The Morgan fingerprint density at radius 1 is 1.25 bits per heavy atom. The molecule has 0 unspecified atom stereocenters. The van der Waals surface area contributed by atoms with Crippen molar-refractivity contribution in [2.45, 2.75) is 19.1 Å². The second-order valence-electron chi connectivity index (χ2n) is 4.80. The standard InChI is InChI=1S/C15H17FN4O2S2/c1-2-7-17-12(21)8-23-9-13-19-20-15(24-13)14(22)18-11-5-3-10(16)4-6-11/h3-6H,2,7-9H2,1H3,(H,17,21)(H,18,22). The number of hydrogen-bond donors (Lipinski definition) is 2. The lowest BCUT2D eigenvalue weighted by Gasteiger charge is -2.02. The van der Waals surface area contributed by atoms with Crippen molar-refractivity contribution < 1.29 is 14.0 Å². The molecule has 2 amide bonds. The molecule has 0 aliphatic carbocycles. The summed E-state index contributed by atoms with van der Waals surface area (Å²) in [6.07, 6.45) is 0.902. The Balaban J connectivity index is 1.80. The van der Waals surface area contributed by atoms with Gasteiger partial charge in [0.1, 0.15) is 10.8 Å². The summed E-state index contributed by atoms with van der Waals surface area (Å²) < 4.78 is 12.8. The van der Waals surface area contributed by atoms with Gasteiger partial charge in [-0.15, -0.1) is 22.0 Å². The molecule has 128 valence electrons. The summed E-state index contributed by atoms with van der Waals surface area (Å²) in [5.74, 6) is 0.0838. The van der Waals surface area contributed by atoms with E-state index in [2.05, 4.69) is 20.8 Å². The van der Waals surface area contributed by atoms with E-state index in [1.807, 2.05) is 6.92 Å². The average molecular weight is 368 g/mol. The second kappa shape index (κ2) is 9.33. The van der Waals surface area contributed by atoms with Gasteiger partial charge in [-0.1, -0.05) is 18.3 Å². The molecule has 0 spiro atoms. The first kappa shape index (κ1) is 18.3. The van der Waals surface area contributed by atoms with Crippen LogP contribution in [0.2, 0.25) is 0 Å². The summed E-state index contributed by atoms with van der Waals surface area (Å²) >= 11 is 2.59. The van der Waals surface area contributed by atoms with Gasteiger partial charge in [0.25, 0.3) is 5.91 Å². The molecular weight excluding hydrogens is 351 g/mol. The van der Waals surface area contributed by atoms with Crippen molar-refractivity contribution in [3.05, 3.63) is 40.1 Å². The lowest BCUT2D eigenvalue weighted by atomic mass is 10.3. The molecule has 9 heteroatoms. The minimum Gasteiger partial charge on any atom is -0.355 e. The third kappa shape index (κ3) is 5.89. The fraction of sp³-hybridized carbons (Fsp3) is 0.333. The highest BCUT2D eigenvalue weighted by Gasteiger charge is 2.13. The van der Waals surface area contributed by atoms with Crippen molar-refractivity contribution >= 4 is 40.6 Å². The number of carbonyl (C=O) groups is 2. The van der Waals surface area contributed by atoms with Gasteiger partial charge in [0.15, 0.2) is 0 Å². The number of aromatic nitrogens is 2. The van der Waals surface area contributed by atoms with E-state index in [1.54, 1.807) is 0 Å². The molecule has 2 N–H and O–H groups in total. The minimum atomic E-state index is -0.393. The zero-order chi connectivity index (χ0) is 17.4. The fourth-order valence-electron chi connectivity index (χ4n) is 1.67. The molecule has 1 aromatic heterocycles. The van der Waals surface area contributed by atoms with Gasteiger partial charge in [0.2, 0.25) is 10.9 Å². The van der Waals surface area contributed by atoms with Crippen LogP contribution in [0.1, 0.15) is 28.2 Å². The number of halogens is 1. The molecule has 0 radical (unpaired) electrons. The largest absolute Gasteiger partial charge is 0.355 e. The Morgan fingerprint density at radius 2 is 2.00 bits per heavy atom. The van der Waals surface area contributed by atoms with Crippen LogP contribution < -0.4 is 10.6 Å². The number of thioether (sulfide) groups is 1. The number of nitrogens with one attached hydrogen (secondary N) is 2. The zero-order valence-corrected chi connectivity index (χ0v) is 14.7. The Bertz CT molecular complexity index is 691. The van der Waals surface area contributed by atoms with Crippen molar-refractivity contribution in [2.24, 2.45) is 0 Å². The van der Waals surface area contributed by atoms with Crippen LogP contribution in [0.3, 0.4) is 0 Å². The van der Waals surface area contributed by atoms with E-state index in [9.17, 15) is 14.0 Å². The first-order valence-corrected chi connectivity index (χ1v) is 9.29. The predicted octanol–water partition coefficient (Wildman–Crippen LogP) is 2.69. The number of hydrogen-bond acceptors (Lipinski definition) is 6. The van der Waals surface area contributed by atoms with Crippen molar-refractivity contribution in [2.75, 3.05) is 17.6 Å². The molecule has 0 fully saturated rings. The normalized spacial score (nSPS) is 10.4. The monoisotopic (exact) mass is 368 g/mol. The fourth-order valence-corrected chi connectivity index (χ4v) is 3.31. The molecule has 0 atom stereocenters. The molecule has 0 aliphatic rings. The summed E-state index contributed by atoms with van der Waals surface area (Å²) in [4.78, 5) is 23.5. The molecule has 1 aromatic carbocycles. The molecule has 24 heavy (non-hydrogen) atoms. The average Bonchev–Trinajstić information content (AvgIpc) is 3.04. The molecule has 0 aliphatic heterocycles. The summed E-state index contributed by atoms with van der Waals surface area (Å²) in [7, 11) is 0. The molecular formula is C15H17FN4O2S2. The highest BCUT2D eigenvalue weighted by molar-refractivity contribution is 7.99. The van der Waals surface area contributed by atoms with Crippen LogP contribution in [0, 0.1) is 5.82 Å². The molecule has 2 rings (SSSR count). The van der Waals surface area contributed by atoms with E-state index in [-0.39, 0.29) is 16.7 Å². The third-order valence-corrected chi connectivity index (χ3v) is 4.84. The predicted molar refractivity (Wildman–Crippen MR) is 93.7 cm³/mol. The van der Waals surface area contributed by atoms with Crippen molar-refractivity contribution in [3.63, 3.8) is 0 Å². The SMILES string of the molecule is CCCNC(=O)CSCc1nnc(C(=O)Nc2ccc(F)cc2)s1. The lowest BCUT2D eigenvalue weighted by molar-refractivity contribution is -0.118. The van der Waals surface area contributed by atoms with Crippen LogP contribution in [0.4, 0.5) is 10.1 Å². The highest BCUT2D eigenvalue weighted by atomic mass is 32.2. The molecule has 6 nitrogen and oxygen atoms in total. The van der Waals surface area contributed by atoms with Crippen molar-refractivity contribution in [3.8, 4) is 0 Å². The smallest absolute Gasteiger partial charge is 0.286 e. The Labute approximate surface area is 147 Å². The number of nitrogens with zero attached hydrogens (tertiary/aromatic N) is 2. The van der Waals surface area contributed by atoms with E-state index in [0.717, 1.165) is 6.42 Å². The molecule has 1 heterocycles. The van der Waals surface area contributed by atoms with E-state index in [1.165, 1.54) is 47.4 Å². The van der Waals surface area contributed by atoms with E-state index >= 15 is 0 Å². The maximum atomic E-state index is 12.8. The highest BCUT2D eigenvalue weighted by Crippen LogP contribution is 2.18. The van der Waals surface area contributed by atoms with Crippen LogP contribution in [0.25, 0.3) is 0 Å². The molecule has 0 bridgehead atoms. The minimum absolute atomic E-state index is 0.0133. The van der Waals surface area contributed by atoms with Gasteiger partial charge in [0.05, 0.1) is 5.75 Å². The second-order valence-corrected chi connectivity index (χ2v) is 6.85. The van der Waals surface area contributed by atoms with Gasteiger partial charge in [-0.2, -0.15) is 0 Å². The van der Waals surface area contributed by atoms with Gasteiger partial charge in [-0.25, -0.2) is 4.39 Å². The number of anilines is 1. The summed E-state index contributed by atoms with van der Waals surface area (Å²) in [6, 6.07) is 5.47. The van der Waals surface area contributed by atoms with Gasteiger partial charge >= 0.3 is 0 Å². The van der Waals surface area contributed by atoms with Crippen molar-refractivity contribution in [1.29, 1.82) is 0 Å². The van der Waals surface area contributed by atoms with E-state index in [4.69, 9.17) is 0 Å². The Hall–Kier alpha value is -2.00. The quantitative estimate of drug-likeness (QED) is 0.748. The third-order valence-electron chi connectivity index (χ3n) is 2.79. The Kier molecular flexibility index (Phi) is 7.13.